The van der Waals surface area contributed by atoms with Crippen LogP contribution in [0.1, 0.15) is 53.7 Å². The Kier molecular flexibility index (Phi) is 7.66. The summed E-state index contributed by atoms with van der Waals surface area (Å²) in [5, 5.41) is 4.41. The van der Waals surface area contributed by atoms with Crippen molar-refractivity contribution in [2.24, 2.45) is 0 Å². The highest BCUT2D eigenvalue weighted by Crippen LogP contribution is 2.36. The number of piperidine rings is 1. The second-order valence-electron chi connectivity index (χ2n) is 11.5. The Morgan fingerprint density at radius 1 is 1.02 bits per heavy atom. The van der Waals surface area contributed by atoms with Crippen molar-refractivity contribution < 1.29 is 18.7 Å². The molecule has 1 aliphatic heterocycles. The van der Waals surface area contributed by atoms with Crippen molar-refractivity contribution in [1.82, 2.24) is 14.7 Å². The molecule has 222 valence electrons. The Morgan fingerprint density at radius 3 is 2.51 bits per heavy atom. The van der Waals surface area contributed by atoms with Crippen LogP contribution in [-0.4, -0.2) is 45.7 Å². The maximum atomic E-state index is 14.1. The van der Waals surface area contributed by atoms with Crippen LogP contribution in [0.4, 0.5) is 15.9 Å². The molecule has 0 bridgehead atoms. The van der Waals surface area contributed by atoms with Crippen LogP contribution in [0.5, 0.6) is 17.2 Å². The van der Waals surface area contributed by atoms with Gasteiger partial charge in [0.15, 0.2) is 17.3 Å². The molecule has 43 heavy (non-hydrogen) atoms. The van der Waals surface area contributed by atoms with Gasteiger partial charge in [0.2, 0.25) is 0 Å². The monoisotopic (exact) mass is 581 g/mol. The number of nitrogen functional groups attached to an aromatic ring is 2. The Morgan fingerprint density at radius 2 is 1.79 bits per heavy atom. The van der Waals surface area contributed by atoms with E-state index in [2.05, 4.69) is 23.8 Å². The lowest BCUT2D eigenvalue weighted by Gasteiger charge is -2.34. The number of aromatic nitrogens is 2. The summed E-state index contributed by atoms with van der Waals surface area (Å²) in [6, 6.07) is 15.9. The van der Waals surface area contributed by atoms with Gasteiger partial charge in [-0.15, -0.1) is 0 Å². The lowest BCUT2D eigenvalue weighted by molar-refractivity contribution is 0.0848. The van der Waals surface area contributed by atoms with E-state index in [1.54, 1.807) is 30.3 Å². The molecular weight excluding hydrogens is 545 g/mol. The molecule has 4 N–H and O–H groups in total. The fraction of sp³-hybridized carbons (Fsp3) is 0.294. The van der Waals surface area contributed by atoms with Gasteiger partial charge in [-0.25, -0.2) is 9.07 Å². The molecule has 1 saturated heterocycles. The van der Waals surface area contributed by atoms with Crippen LogP contribution in [0.2, 0.25) is 0 Å². The van der Waals surface area contributed by atoms with E-state index in [1.807, 2.05) is 31.2 Å². The van der Waals surface area contributed by atoms with E-state index in [0.29, 0.717) is 46.5 Å². The number of hydrogen-bond donors (Lipinski definition) is 2. The molecule has 9 heteroatoms. The minimum Gasteiger partial charge on any atom is -0.488 e. The number of allylic oxidation sites excluding steroid dienone is 1. The first-order valence-electron chi connectivity index (χ1n) is 14.6. The summed E-state index contributed by atoms with van der Waals surface area (Å²) in [7, 11) is 0. The minimum atomic E-state index is -0.442. The van der Waals surface area contributed by atoms with Crippen molar-refractivity contribution in [1.29, 1.82) is 0 Å². The molecule has 8 nitrogen and oxygen atoms in total. The second-order valence-corrected chi connectivity index (χ2v) is 11.5. The third kappa shape index (κ3) is 5.72. The molecule has 2 aliphatic rings. The lowest BCUT2D eigenvalue weighted by Crippen LogP contribution is -2.41. The number of ketones is 1. The number of aryl methyl sites for hydroxylation is 1. The summed E-state index contributed by atoms with van der Waals surface area (Å²) in [4.78, 5) is 16.0. The van der Waals surface area contributed by atoms with Crippen LogP contribution in [0, 0.1) is 12.7 Å². The molecule has 0 amide bonds. The van der Waals surface area contributed by atoms with E-state index >= 15 is 0 Å². The number of anilines is 2. The van der Waals surface area contributed by atoms with E-state index < -0.39 is 5.82 Å². The number of carbonyl (C=O) groups is 1. The van der Waals surface area contributed by atoms with Crippen molar-refractivity contribution in [3.8, 4) is 22.9 Å². The molecule has 0 unspecified atom stereocenters. The highest BCUT2D eigenvalue weighted by atomic mass is 19.1. The van der Waals surface area contributed by atoms with E-state index in [4.69, 9.17) is 20.9 Å². The minimum absolute atomic E-state index is 0.122. The van der Waals surface area contributed by atoms with E-state index in [0.717, 1.165) is 42.6 Å². The molecule has 0 spiro atoms. The summed E-state index contributed by atoms with van der Waals surface area (Å²) in [5.74, 6) is 0.925. The first-order chi connectivity index (χ1) is 20.7. The molecule has 0 radical (unpaired) electrons. The number of halogens is 1. The number of Topliss-reactive ketones (excluding diaryl/α,β-unsaturated/α-hetero) is 1. The molecule has 0 saturated carbocycles. The van der Waals surface area contributed by atoms with Crippen LogP contribution in [0.3, 0.4) is 0 Å². The van der Waals surface area contributed by atoms with Crippen LogP contribution < -0.4 is 20.9 Å². The van der Waals surface area contributed by atoms with E-state index in [9.17, 15) is 9.18 Å². The van der Waals surface area contributed by atoms with Gasteiger partial charge in [0.05, 0.1) is 23.1 Å². The third-order valence-electron chi connectivity index (χ3n) is 8.29. The molecule has 0 atom stereocenters. The van der Waals surface area contributed by atoms with Gasteiger partial charge in [-0.2, -0.15) is 5.10 Å². The maximum Gasteiger partial charge on any atom is 0.194 e. The zero-order valence-electron chi connectivity index (χ0n) is 24.6. The molecule has 1 aliphatic carbocycles. The SMILES string of the molecule is Cc1cc(-n2ncc(C(=O)C3=Cc4cc(OC5CCN(C(C)C)CC5)c(N)cc4C3)c2N)ccc1Oc1ccccc1F. The largest absolute Gasteiger partial charge is 0.488 e. The van der Waals surface area contributed by atoms with Gasteiger partial charge in [-0.3, -0.25) is 4.79 Å². The van der Waals surface area contributed by atoms with Crippen LogP contribution in [-0.2, 0) is 6.42 Å². The molecule has 1 fully saturated rings. The molecule has 4 aromatic rings. The second kappa shape index (κ2) is 11.6. The normalized spacial score (nSPS) is 15.4. The molecule has 1 aromatic heterocycles. The Bertz CT molecular complexity index is 1720. The number of benzene rings is 3. The number of rotatable bonds is 8. The molecular formula is C34H36FN5O3. The summed E-state index contributed by atoms with van der Waals surface area (Å²) in [6.07, 6.45) is 5.87. The topological polar surface area (TPSA) is 109 Å². The standard InChI is InChI=1S/C34H36FN5O3/c1-20(2)39-12-10-26(11-13-39)42-32-18-23-16-24(15-22(23)17-29(32)36)33(41)27-19-38-40(34(27)37)25-8-9-30(21(3)14-25)43-31-7-5-4-6-28(31)35/h4-9,14,16-20,26H,10-13,15,36-37H2,1-3H3. The number of nitrogens with zero attached hydrogens (tertiary/aromatic N) is 3. The van der Waals surface area contributed by atoms with Crippen LogP contribution in [0.25, 0.3) is 11.8 Å². The van der Waals surface area contributed by atoms with Crippen molar-refractivity contribution in [2.75, 3.05) is 24.6 Å². The Labute approximate surface area is 250 Å². The molecule has 3 aromatic carbocycles. The highest BCUT2D eigenvalue weighted by molar-refractivity contribution is 6.15. The summed E-state index contributed by atoms with van der Waals surface area (Å²) >= 11 is 0. The highest BCUT2D eigenvalue weighted by Gasteiger charge is 2.27. The first kappa shape index (κ1) is 28.5. The Hall–Kier alpha value is -4.63. The van der Waals surface area contributed by atoms with Crippen LogP contribution in [0.15, 0.2) is 66.4 Å². The van der Waals surface area contributed by atoms with Crippen molar-refractivity contribution in [2.45, 2.75) is 52.2 Å². The van der Waals surface area contributed by atoms with Gasteiger partial charge in [0.1, 0.15) is 23.4 Å². The number of hydrogen-bond acceptors (Lipinski definition) is 7. The average Bonchev–Trinajstić information content (AvgIpc) is 3.58. The van der Waals surface area contributed by atoms with Gasteiger partial charge < -0.3 is 25.8 Å². The van der Waals surface area contributed by atoms with E-state index in [1.165, 1.54) is 16.9 Å². The van der Waals surface area contributed by atoms with E-state index in [-0.39, 0.29) is 23.5 Å². The third-order valence-corrected chi connectivity index (χ3v) is 8.29. The van der Waals surface area contributed by atoms with Gasteiger partial charge in [0, 0.05) is 31.1 Å². The van der Waals surface area contributed by atoms with Crippen molar-refractivity contribution in [3.63, 3.8) is 0 Å². The maximum absolute atomic E-state index is 14.1. The number of nitrogens with two attached hydrogens (primary N) is 2. The van der Waals surface area contributed by atoms with Gasteiger partial charge in [-0.05, 0) is 98.8 Å². The quantitative estimate of drug-likeness (QED) is 0.184. The number of para-hydroxylation sites is 1. The summed E-state index contributed by atoms with van der Waals surface area (Å²) in [5.41, 5.74) is 17.7. The number of fused-ring (bicyclic) bond motifs is 1. The fourth-order valence-electron chi connectivity index (χ4n) is 5.77. The molecule has 6 rings (SSSR count). The zero-order chi connectivity index (χ0) is 30.2. The number of likely N-dealkylation sites (tertiary alicyclic amines) is 1. The van der Waals surface area contributed by atoms with Crippen molar-refractivity contribution in [3.05, 3.63) is 94.4 Å². The summed E-state index contributed by atoms with van der Waals surface area (Å²) < 4.78 is 27.7. The average molecular weight is 582 g/mol. The van der Waals surface area contributed by atoms with Crippen LogP contribution >= 0.6 is 0 Å². The van der Waals surface area contributed by atoms with Crippen molar-refractivity contribution >= 4 is 23.4 Å². The fourth-order valence-corrected chi connectivity index (χ4v) is 5.77. The smallest absolute Gasteiger partial charge is 0.194 e. The van der Waals surface area contributed by atoms with Gasteiger partial charge >= 0.3 is 0 Å². The van der Waals surface area contributed by atoms with Gasteiger partial charge in [0.25, 0.3) is 0 Å². The number of ether oxygens (including phenoxy) is 2. The summed E-state index contributed by atoms with van der Waals surface area (Å²) in [6.45, 7) is 8.30. The predicted molar refractivity (Wildman–Crippen MR) is 166 cm³/mol. The lowest BCUT2D eigenvalue weighted by atomic mass is 10.0. The first-order valence-corrected chi connectivity index (χ1v) is 14.6. The molecule has 2 heterocycles. The zero-order valence-corrected chi connectivity index (χ0v) is 24.6. The number of carbonyl (C=O) groups excluding carboxylic acids is 1. The predicted octanol–water partition coefficient (Wildman–Crippen LogP) is 6.35. The van der Waals surface area contributed by atoms with Gasteiger partial charge in [-0.1, -0.05) is 12.1 Å². The Balaban J connectivity index is 1.17.